The van der Waals surface area contributed by atoms with Crippen LogP contribution >= 0.6 is 38.9 Å². The largest absolute Gasteiger partial charge is 0.318 e. The van der Waals surface area contributed by atoms with Crippen LogP contribution in [0.25, 0.3) is 11.3 Å². The lowest BCUT2D eigenvalue weighted by molar-refractivity contribution is 0.859. The van der Waals surface area contributed by atoms with Crippen molar-refractivity contribution in [1.29, 1.82) is 0 Å². The predicted octanol–water partition coefficient (Wildman–Crippen LogP) is 5.27. The Balaban J connectivity index is 1.93. The average molecular weight is 380 g/mol. The summed E-state index contributed by atoms with van der Waals surface area (Å²) in [6, 6.07) is 15.5. The number of benzene rings is 2. The molecule has 0 spiro atoms. The molecule has 106 valence electrons. The third kappa shape index (κ3) is 3.19. The van der Waals surface area contributed by atoms with Crippen molar-refractivity contribution in [2.24, 2.45) is 5.73 Å². The third-order valence-corrected chi connectivity index (χ3v) is 4.89. The van der Waals surface area contributed by atoms with Crippen molar-refractivity contribution in [2.45, 2.75) is 6.04 Å². The number of halogens is 2. The fraction of sp³-hybridized carbons (Fsp3) is 0.0625. The number of nitrogens with zero attached hydrogens (tertiary/aromatic N) is 1. The Morgan fingerprint density at radius 2 is 1.90 bits per heavy atom. The van der Waals surface area contributed by atoms with Gasteiger partial charge >= 0.3 is 0 Å². The van der Waals surface area contributed by atoms with Crippen molar-refractivity contribution in [3.05, 3.63) is 74.0 Å². The van der Waals surface area contributed by atoms with Gasteiger partial charge < -0.3 is 5.73 Å². The molecule has 2 aromatic carbocycles. The van der Waals surface area contributed by atoms with Gasteiger partial charge in [0.15, 0.2) is 0 Å². The molecule has 1 atom stereocenters. The molecule has 1 unspecified atom stereocenters. The van der Waals surface area contributed by atoms with E-state index in [4.69, 9.17) is 17.3 Å². The van der Waals surface area contributed by atoms with Crippen molar-refractivity contribution < 1.29 is 0 Å². The SMILES string of the molecule is NC(c1ccccc1)c1nc(-c2ccc(Br)cc2Cl)cs1. The number of hydrogen-bond acceptors (Lipinski definition) is 3. The third-order valence-electron chi connectivity index (χ3n) is 3.15. The number of rotatable bonds is 3. The second kappa shape index (κ2) is 6.28. The summed E-state index contributed by atoms with van der Waals surface area (Å²) in [7, 11) is 0. The van der Waals surface area contributed by atoms with Crippen molar-refractivity contribution >= 4 is 38.9 Å². The second-order valence-electron chi connectivity index (χ2n) is 4.58. The molecule has 3 rings (SSSR count). The second-order valence-corrected chi connectivity index (χ2v) is 6.80. The van der Waals surface area contributed by atoms with Crippen LogP contribution < -0.4 is 5.73 Å². The van der Waals surface area contributed by atoms with Crippen LogP contribution in [-0.2, 0) is 0 Å². The van der Waals surface area contributed by atoms with E-state index in [2.05, 4.69) is 20.9 Å². The van der Waals surface area contributed by atoms with E-state index in [0.717, 1.165) is 26.3 Å². The molecule has 0 aliphatic heterocycles. The molecule has 0 amide bonds. The van der Waals surface area contributed by atoms with Crippen molar-refractivity contribution in [3.63, 3.8) is 0 Å². The molecule has 0 saturated carbocycles. The minimum atomic E-state index is -0.209. The fourth-order valence-corrected chi connectivity index (χ4v) is 3.67. The highest BCUT2D eigenvalue weighted by atomic mass is 79.9. The first-order valence-electron chi connectivity index (χ1n) is 6.36. The number of aromatic nitrogens is 1. The van der Waals surface area contributed by atoms with Gasteiger partial charge in [0.2, 0.25) is 0 Å². The summed E-state index contributed by atoms with van der Waals surface area (Å²) in [4.78, 5) is 4.64. The van der Waals surface area contributed by atoms with Gasteiger partial charge in [0.05, 0.1) is 16.8 Å². The van der Waals surface area contributed by atoms with Crippen LogP contribution in [-0.4, -0.2) is 4.98 Å². The molecule has 1 aromatic heterocycles. The van der Waals surface area contributed by atoms with E-state index < -0.39 is 0 Å². The maximum Gasteiger partial charge on any atom is 0.115 e. The maximum atomic E-state index is 6.28. The van der Waals surface area contributed by atoms with Gasteiger partial charge in [-0.2, -0.15) is 0 Å². The highest BCUT2D eigenvalue weighted by molar-refractivity contribution is 9.10. The summed E-state index contributed by atoms with van der Waals surface area (Å²) >= 11 is 11.2. The first-order chi connectivity index (χ1) is 10.1. The smallest absolute Gasteiger partial charge is 0.115 e. The Hall–Kier alpha value is -1.20. The van der Waals surface area contributed by atoms with E-state index in [1.807, 2.05) is 53.9 Å². The summed E-state index contributed by atoms with van der Waals surface area (Å²) in [5.41, 5.74) is 9.11. The van der Waals surface area contributed by atoms with Gasteiger partial charge in [-0.1, -0.05) is 63.9 Å². The number of nitrogens with two attached hydrogens (primary N) is 1. The molecule has 5 heteroatoms. The molecule has 0 bridgehead atoms. The summed E-state index contributed by atoms with van der Waals surface area (Å²) in [6.07, 6.45) is 0. The number of hydrogen-bond donors (Lipinski definition) is 1. The van der Waals surface area contributed by atoms with Gasteiger partial charge in [0.25, 0.3) is 0 Å². The topological polar surface area (TPSA) is 38.9 Å². The predicted molar refractivity (Wildman–Crippen MR) is 92.7 cm³/mol. The highest BCUT2D eigenvalue weighted by Crippen LogP contribution is 2.33. The van der Waals surface area contributed by atoms with Gasteiger partial charge in [-0.25, -0.2) is 4.98 Å². The van der Waals surface area contributed by atoms with Crippen LogP contribution in [0, 0.1) is 0 Å². The van der Waals surface area contributed by atoms with Gasteiger partial charge in [-0.3, -0.25) is 0 Å². The lowest BCUT2D eigenvalue weighted by atomic mass is 10.1. The molecule has 21 heavy (non-hydrogen) atoms. The minimum Gasteiger partial charge on any atom is -0.318 e. The first-order valence-corrected chi connectivity index (χ1v) is 8.41. The molecule has 0 aliphatic rings. The van der Waals surface area contributed by atoms with E-state index in [1.54, 1.807) is 11.3 Å². The maximum absolute atomic E-state index is 6.28. The Morgan fingerprint density at radius 3 is 2.62 bits per heavy atom. The van der Waals surface area contributed by atoms with E-state index >= 15 is 0 Å². The molecule has 2 nitrogen and oxygen atoms in total. The van der Waals surface area contributed by atoms with E-state index in [9.17, 15) is 0 Å². The normalized spacial score (nSPS) is 12.3. The zero-order chi connectivity index (χ0) is 14.8. The lowest BCUT2D eigenvalue weighted by Crippen LogP contribution is -2.11. The zero-order valence-corrected chi connectivity index (χ0v) is 14.1. The standard InChI is InChI=1S/C16H12BrClN2S/c17-11-6-7-12(13(18)8-11)14-9-21-16(20-14)15(19)10-4-2-1-3-5-10/h1-9,15H,19H2. The van der Waals surface area contributed by atoms with E-state index in [-0.39, 0.29) is 6.04 Å². The van der Waals surface area contributed by atoms with E-state index in [0.29, 0.717) is 5.02 Å². The summed E-state index contributed by atoms with van der Waals surface area (Å²) in [5.74, 6) is 0. The quantitative estimate of drug-likeness (QED) is 0.673. The Morgan fingerprint density at radius 1 is 1.14 bits per heavy atom. The Kier molecular flexibility index (Phi) is 4.40. The van der Waals surface area contributed by atoms with Crippen LogP contribution in [0.2, 0.25) is 5.02 Å². The van der Waals surface area contributed by atoms with Gasteiger partial charge in [-0.15, -0.1) is 11.3 Å². The Bertz CT molecular complexity index is 758. The van der Waals surface area contributed by atoms with Crippen LogP contribution in [0.1, 0.15) is 16.6 Å². The molecule has 1 heterocycles. The molecule has 0 aliphatic carbocycles. The average Bonchev–Trinajstić information content (AvgIpc) is 2.97. The van der Waals surface area contributed by atoms with Gasteiger partial charge in [0.1, 0.15) is 5.01 Å². The monoisotopic (exact) mass is 378 g/mol. The fourth-order valence-electron chi connectivity index (χ4n) is 2.05. The first kappa shape index (κ1) is 14.7. The van der Waals surface area contributed by atoms with Gasteiger partial charge in [-0.05, 0) is 17.7 Å². The van der Waals surface area contributed by atoms with Crippen LogP contribution in [0.4, 0.5) is 0 Å². The van der Waals surface area contributed by atoms with Crippen molar-refractivity contribution in [3.8, 4) is 11.3 Å². The molecular formula is C16H12BrClN2S. The van der Waals surface area contributed by atoms with Crippen LogP contribution in [0.3, 0.4) is 0 Å². The Labute approximate surface area is 140 Å². The van der Waals surface area contributed by atoms with Crippen molar-refractivity contribution in [1.82, 2.24) is 4.98 Å². The molecule has 3 aromatic rings. The summed E-state index contributed by atoms with van der Waals surface area (Å²) in [5, 5.41) is 3.55. The van der Waals surface area contributed by atoms with Crippen LogP contribution in [0.15, 0.2) is 58.4 Å². The molecule has 0 radical (unpaired) electrons. The minimum absolute atomic E-state index is 0.209. The molecular weight excluding hydrogens is 368 g/mol. The molecule has 0 saturated heterocycles. The van der Waals surface area contributed by atoms with Gasteiger partial charge in [0, 0.05) is 15.4 Å². The molecule has 2 N–H and O–H groups in total. The zero-order valence-electron chi connectivity index (χ0n) is 11.0. The highest BCUT2D eigenvalue weighted by Gasteiger charge is 2.15. The molecule has 0 fully saturated rings. The lowest BCUT2D eigenvalue weighted by Gasteiger charge is -2.08. The number of thiazole rings is 1. The summed E-state index contributed by atoms with van der Waals surface area (Å²) in [6.45, 7) is 0. The van der Waals surface area contributed by atoms with Crippen molar-refractivity contribution in [2.75, 3.05) is 0 Å². The van der Waals surface area contributed by atoms with Crippen LogP contribution in [0.5, 0.6) is 0 Å². The van der Waals surface area contributed by atoms with E-state index in [1.165, 1.54) is 0 Å². The summed E-state index contributed by atoms with van der Waals surface area (Å²) < 4.78 is 0.952.